The lowest BCUT2D eigenvalue weighted by Gasteiger charge is -2.49. The number of epoxide rings is 1. The minimum absolute atomic E-state index is 0.0618. The van der Waals surface area contributed by atoms with Crippen LogP contribution >= 0.6 is 0 Å². The molecule has 1 aromatic rings. The highest BCUT2D eigenvalue weighted by molar-refractivity contribution is 5.90. The lowest BCUT2D eigenvalue weighted by Crippen LogP contribution is -2.54. The maximum atomic E-state index is 14.0. The summed E-state index contributed by atoms with van der Waals surface area (Å²) >= 11 is 0. The molecule has 6 heteroatoms. The highest BCUT2D eigenvalue weighted by Gasteiger charge is 2.84. The molecule has 5 rings (SSSR count). The summed E-state index contributed by atoms with van der Waals surface area (Å²) in [7, 11) is 0. The zero-order chi connectivity index (χ0) is 37.2. The fourth-order valence-corrected chi connectivity index (χ4v) is 9.89. The largest absolute Gasteiger partial charge is 0.428 e. The van der Waals surface area contributed by atoms with Crippen molar-refractivity contribution in [2.75, 3.05) is 32.8 Å². The number of piperazine rings is 1. The first-order valence-corrected chi connectivity index (χ1v) is 20.6. The number of hydrogen-bond donors (Lipinski definition) is 0. The van der Waals surface area contributed by atoms with E-state index in [-0.39, 0.29) is 33.4 Å². The Morgan fingerprint density at radius 2 is 1.46 bits per heavy atom. The van der Waals surface area contributed by atoms with Gasteiger partial charge in [0.15, 0.2) is 0 Å². The zero-order valence-corrected chi connectivity index (χ0v) is 34.8. The Morgan fingerprint density at radius 3 is 2.00 bits per heavy atom. The highest BCUT2D eigenvalue weighted by atomic mass is 16.7. The van der Waals surface area contributed by atoms with E-state index in [0.717, 1.165) is 56.9 Å². The summed E-state index contributed by atoms with van der Waals surface area (Å²) in [4.78, 5) is 20.7. The Kier molecular flexibility index (Phi) is 10.7. The second kappa shape index (κ2) is 13.4. The molecular weight excluding hydrogens is 620 g/mol. The fraction of sp³-hybridized carbons (Fsp3) is 0.841. The second-order valence-electron chi connectivity index (χ2n) is 19.4. The van der Waals surface area contributed by atoms with Crippen LogP contribution in [0.4, 0.5) is 0 Å². The third-order valence-corrected chi connectivity index (χ3v) is 15.8. The number of nitrogens with zero attached hydrogens (tertiary/aromatic N) is 2. The lowest BCUT2D eigenvalue weighted by atomic mass is 9.55. The van der Waals surface area contributed by atoms with Crippen molar-refractivity contribution in [3.8, 4) is 5.75 Å². The van der Waals surface area contributed by atoms with Crippen molar-refractivity contribution < 1.29 is 23.6 Å². The Labute approximate surface area is 306 Å². The SMILES string of the molecule is CCC(C)(C)c1ccc(OC2(CC)C(=O)[N+]23CCN(OCC2(CC)OC24CCC(C(C)(C)CC)CC4C(C)(C)CC)CC3)c(C(C)(C)CC)c1. The van der Waals surface area contributed by atoms with Gasteiger partial charge in [0.05, 0.1) is 19.5 Å². The van der Waals surface area contributed by atoms with E-state index in [0.29, 0.717) is 41.9 Å². The van der Waals surface area contributed by atoms with Crippen molar-refractivity contribution in [3.63, 3.8) is 0 Å². The Bertz CT molecular complexity index is 1390. The molecule has 3 saturated heterocycles. The molecule has 0 aromatic heterocycles. The summed E-state index contributed by atoms with van der Waals surface area (Å²) in [5, 5.41) is 2.13. The Balaban J connectivity index is 1.28. The number of amides is 1. The number of quaternary nitrogens is 1. The lowest BCUT2D eigenvalue weighted by molar-refractivity contribution is -0.822. The van der Waals surface area contributed by atoms with Crippen molar-refractivity contribution in [2.45, 2.75) is 182 Å². The minimum Gasteiger partial charge on any atom is -0.428 e. The van der Waals surface area contributed by atoms with Gasteiger partial charge in [0.25, 0.3) is 0 Å². The molecule has 6 nitrogen and oxygen atoms in total. The molecular formula is C44H75N2O4+. The molecule has 0 N–H and O–H groups in total. The monoisotopic (exact) mass is 696 g/mol. The predicted octanol–water partition coefficient (Wildman–Crippen LogP) is 10.4. The highest BCUT2D eigenvalue weighted by Crippen LogP contribution is 2.67. The van der Waals surface area contributed by atoms with E-state index in [1.807, 2.05) is 0 Å². The number of rotatable bonds is 15. The van der Waals surface area contributed by atoms with Crippen LogP contribution in [0.2, 0.25) is 0 Å². The molecule has 1 aromatic carbocycles. The molecule has 1 amide bonds. The number of benzene rings is 1. The van der Waals surface area contributed by atoms with Gasteiger partial charge in [-0.3, -0.25) is 4.84 Å². The van der Waals surface area contributed by atoms with E-state index in [2.05, 4.69) is 120 Å². The van der Waals surface area contributed by atoms with Crippen molar-refractivity contribution in [1.29, 1.82) is 0 Å². The first kappa shape index (κ1) is 39.7. The minimum atomic E-state index is -0.815. The average molecular weight is 696 g/mol. The first-order valence-electron chi connectivity index (χ1n) is 20.6. The van der Waals surface area contributed by atoms with Gasteiger partial charge >= 0.3 is 11.6 Å². The van der Waals surface area contributed by atoms with Gasteiger partial charge in [-0.2, -0.15) is 9.55 Å². The van der Waals surface area contributed by atoms with Gasteiger partial charge in [-0.1, -0.05) is 122 Å². The van der Waals surface area contributed by atoms with Gasteiger partial charge < -0.3 is 9.47 Å². The molecule has 0 radical (unpaired) electrons. The van der Waals surface area contributed by atoms with Gasteiger partial charge in [0.1, 0.15) is 36.6 Å². The number of hydrogen-bond acceptors (Lipinski definition) is 5. The van der Waals surface area contributed by atoms with E-state index in [1.54, 1.807) is 0 Å². The third-order valence-electron chi connectivity index (χ3n) is 15.8. The predicted molar refractivity (Wildman–Crippen MR) is 205 cm³/mol. The summed E-state index contributed by atoms with van der Waals surface area (Å²) in [6.45, 7) is 36.1. The standard InChI is InChI=1S/C44H75N2O4/c1-15-38(7,8)32-21-22-35(34(29-32)40(11,12)17-3)49-44(20-6)37(47)46(44)27-25-45(26-28-46)48-31-42(19-5)43(50-42)24-23-33(39(9,10)16-2)30-36(43)41(13,14)18-4/h21-22,29,33,36H,15-20,23-28,30-31H2,1-14H3/q+1. The quantitative estimate of drug-likeness (QED) is 0.135. The molecule has 50 heavy (non-hydrogen) atoms. The second-order valence-corrected chi connectivity index (χ2v) is 19.4. The number of carbonyl (C=O) groups excluding carboxylic acids is 1. The van der Waals surface area contributed by atoms with E-state index >= 15 is 0 Å². The molecule has 0 bridgehead atoms. The van der Waals surface area contributed by atoms with Gasteiger partial charge in [-0.15, -0.1) is 0 Å². The van der Waals surface area contributed by atoms with Gasteiger partial charge in [-0.25, -0.2) is 4.79 Å². The van der Waals surface area contributed by atoms with Crippen LogP contribution in [0, 0.1) is 22.7 Å². The van der Waals surface area contributed by atoms with E-state index < -0.39 is 5.72 Å². The van der Waals surface area contributed by atoms with Crippen LogP contribution < -0.4 is 4.74 Å². The molecule has 3 heterocycles. The zero-order valence-electron chi connectivity index (χ0n) is 34.8. The van der Waals surface area contributed by atoms with Gasteiger partial charge in [0, 0.05) is 5.56 Å². The summed E-state index contributed by atoms with van der Waals surface area (Å²) < 4.78 is 14.4. The van der Waals surface area contributed by atoms with Gasteiger partial charge in [0.2, 0.25) is 0 Å². The maximum Gasteiger partial charge on any atom is 0.421 e. The van der Waals surface area contributed by atoms with Crippen LogP contribution in [-0.4, -0.2) is 65.2 Å². The maximum absolute atomic E-state index is 14.0. The molecule has 4 fully saturated rings. The number of ether oxygens (including phenoxy) is 2. The van der Waals surface area contributed by atoms with Crippen LogP contribution in [0.25, 0.3) is 0 Å². The van der Waals surface area contributed by atoms with Crippen molar-refractivity contribution in [1.82, 2.24) is 5.06 Å². The first-order chi connectivity index (χ1) is 23.3. The topological polar surface area (TPSA) is 51.3 Å². The van der Waals surface area contributed by atoms with E-state index in [1.165, 1.54) is 30.4 Å². The molecule has 5 atom stereocenters. The van der Waals surface area contributed by atoms with Crippen LogP contribution in [0.15, 0.2) is 18.2 Å². The summed E-state index contributed by atoms with van der Waals surface area (Å²) in [5.41, 5.74) is 1.99. The number of hydroxylamine groups is 2. The molecule has 5 unspecified atom stereocenters. The van der Waals surface area contributed by atoms with Crippen LogP contribution in [0.5, 0.6) is 5.75 Å². The summed E-state index contributed by atoms with van der Waals surface area (Å²) in [6.07, 6.45) is 9.68. The molecule has 3 aliphatic heterocycles. The van der Waals surface area contributed by atoms with Crippen molar-refractivity contribution in [3.05, 3.63) is 29.3 Å². The molecule has 1 aliphatic carbocycles. The van der Waals surface area contributed by atoms with Gasteiger partial charge in [-0.05, 0) is 83.7 Å². The average Bonchev–Trinajstić information content (AvgIpc) is 3.90. The molecule has 4 aliphatic rings. The Morgan fingerprint density at radius 1 is 0.840 bits per heavy atom. The number of carbonyl (C=O) groups is 1. The Hall–Kier alpha value is -1.47. The van der Waals surface area contributed by atoms with E-state index in [4.69, 9.17) is 14.3 Å². The fourth-order valence-electron chi connectivity index (χ4n) is 9.89. The normalized spacial score (nSPS) is 31.8. The molecule has 2 spiro atoms. The smallest absolute Gasteiger partial charge is 0.421 e. The van der Waals surface area contributed by atoms with Crippen LogP contribution in [-0.2, 0) is 25.2 Å². The third kappa shape index (κ3) is 6.22. The molecule has 1 saturated carbocycles. The van der Waals surface area contributed by atoms with Crippen molar-refractivity contribution >= 4 is 5.91 Å². The van der Waals surface area contributed by atoms with Crippen LogP contribution in [0.3, 0.4) is 0 Å². The summed E-state index contributed by atoms with van der Waals surface area (Å²) in [5.74, 6) is 2.35. The molecule has 284 valence electrons. The van der Waals surface area contributed by atoms with E-state index in [9.17, 15) is 4.79 Å². The van der Waals surface area contributed by atoms with Crippen molar-refractivity contribution in [2.24, 2.45) is 22.7 Å². The summed E-state index contributed by atoms with van der Waals surface area (Å²) in [6, 6.07) is 6.73. The van der Waals surface area contributed by atoms with Crippen LogP contribution in [0.1, 0.15) is 166 Å².